The van der Waals surface area contributed by atoms with Crippen molar-refractivity contribution in [3.63, 3.8) is 0 Å². The van der Waals surface area contributed by atoms with Gasteiger partial charge in [0.05, 0.1) is 0 Å². The van der Waals surface area contributed by atoms with Gasteiger partial charge in [0, 0.05) is 13.1 Å². The lowest BCUT2D eigenvalue weighted by Gasteiger charge is -2.39. The van der Waals surface area contributed by atoms with Gasteiger partial charge in [0.25, 0.3) is 5.91 Å². The second-order valence-electron chi connectivity index (χ2n) is 8.13. The molecule has 2 aliphatic rings. The number of hydrogen-bond acceptors (Lipinski definition) is 5. The third-order valence-corrected chi connectivity index (χ3v) is 5.92. The van der Waals surface area contributed by atoms with Crippen molar-refractivity contribution in [2.45, 2.75) is 37.9 Å². The van der Waals surface area contributed by atoms with Crippen molar-refractivity contribution >= 4 is 11.9 Å². The van der Waals surface area contributed by atoms with Crippen molar-refractivity contribution in [3.8, 4) is 0 Å². The molecule has 0 unspecified atom stereocenters. The smallest absolute Gasteiger partial charge is 0.475 e. The highest BCUT2D eigenvalue weighted by Gasteiger charge is 2.38. The Morgan fingerprint density at radius 2 is 1.48 bits per heavy atom. The fraction of sp³-hybridized carbons (Fsp3) is 0.619. The number of benzene rings is 1. The molecule has 1 atom stereocenters. The molecule has 0 radical (unpaired) electrons. The first-order valence-corrected chi connectivity index (χ1v) is 10.4. The van der Waals surface area contributed by atoms with Crippen molar-refractivity contribution < 1.29 is 27.9 Å². The van der Waals surface area contributed by atoms with E-state index in [2.05, 4.69) is 22.4 Å². The molecule has 2 saturated heterocycles. The summed E-state index contributed by atoms with van der Waals surface area (Å²) in [5, 5.41) is 9.18. The Morgan fingerprint density at radius 1 is 1.03 bits per heavy atom. The maximum Gasteiger partial charge on any atom is 0.490 e. The Bertz CT molecular complexity index is 702. The van der Waals surface area contributed by atoms with Crippen molar-refractivity contribution in [3.05, 3.63) is 35.9 Å². The number of halogens is 3. The SMILES string of the molecule is CN1CCC(C2CCN(NC(=O)[C@H](N)c3ccccc3)CC2)CC1.O=C(O)C(F)(F)F. The third kappa shape index (κ3) is 8.12. The molecule has 1 aromatic rings. The standard InChI is InChI=1S/C19H30N4O.C2HF3O2/c1-22-11-7-15(8-12-22)16-9-13-23(14-10-16)21-19(24)18(20)17-5-3-2-4-6-17;3-2(4,5)1(6)7/h2-6,15-16,18H,7-14,20H2,1H3,(H,21,24);(H,6,7)/t18-;/m1./s1. The number of nitrogens with one attached hydrogen (secondary N) is 1. The van der Waals surface area contributed by atoms with Gasteiger partial charge in [0.1, 0.15) is 6.04 Å². The number of alkyl halides is 3. The molecular weight excluding hydrogens is 413 g/mol. The number of nitrogens with zero attached hydrogens (tertiary/aromatic N) is 2. The van der Waals surface area contributed by atoms with E-state index in [1.807, 2.05) is 30.3 Å². The molecule has 0 saturated carbocycles. The zero-order chi connectivity index (χ0) is 23.0. The second-order valence-corrected chi connectivity index (χ2v) is 8.13. The van der Waals surface area contributed by atoms with Crippen molar-refractivity contribution in [1.82, 2.24) is 15.3 Å². The molecule has 0 aliphatic carbocycles. The minimum absolute atomic E-state index is 0.112. The molecular formula is C21H31F3N4O3. The molecule has 7 nitrogen and oxygen atoms in total. The number of carboxylic acid groups (broad SMARTS) is 1. The average molecular weight is 444 g/mol. The summed E-state index contributed by atoms with van der Waals surface area (Å²) in [7, 11) is 2.21. The highest BCUT2D eigenvalue weighted by Crippen LogP contribution is 2.31. The molecule has 10 heteroatoms. The van der Waals surface area contributed by atoms with E-state index in [9.17, 15) is 18.0 Å². The highest BCUT2D eigenvalue weighted by atomic mass is 19.4. The Balaban J connectivity index is 0.000000423. The molecule has 0 spiro atoms. The van der Waals surface area contributed by atoms with Gasteiger partial charge in [0.2, 0.25) is 0 Å². The van der Waals surface area contributed by atoms with Crippen LogP contribution in [-0.2, 0) is 9.59 Å². The summed E-state index contributed by atoms with van der Waals surface area (Å²) in [6.45, 7) is 4.33. The van der Waals surface area contributed by atoms with Gasteiger partial charge < -0.3 is 15.7 Å². The van der Waals surface area contributed by atoms with Crippen LogP contribution in [0.1, 0.15) is 37.3 Å². The number of rotatable bonds is 4. The number of likely N-dealkylation sites (tertiary alicyclic amines) is 1. The molecule has 0 bridgehead atoms. The number of aliphatic carboxylic acids is 1. The maximum absolute atomic E-state index is 12.3. The predicted molar refractivity (Wildman–Crippen MR) is 110 cm³/mol. The number of hydrogen-bond donors (Lipinski definition) is 3. The van der Waals surface area contributed by atoms with E-state index in [-0.39, 0.29) is 5.91 Å². The molecule has 2 aliphatic heterocycles. The van der Waals surface area contributed by atoms with E-state index < -0.39 is 18.2 Å². The van der Waals surface area contributed by atoms with Gasteiger partial charge in [-0.25, -0.2) is 9.80 Å². The van der Waals surface area contributed by atoms with Crippen molar-refractivity contribution in [2.75, 3.05) is 33.2 Å². The maximum atomic E-state index is 12.3. The molecule has 0 aromatic heterocycles. The number of carboxylic acids is 1. The van der Waals surface area contributed by atoms with Crippen LogP contribution >= 0.6 is 0 Å². The normalized spacial score (nSPS) is 20.4. The number of piperidine rings is 2. The molecule has 2 heterocycles. The van der Waals surface area contributed by atoms with Gasteiger partial charge in [-0.15, -0.1) is 0 Å². The lowest BCUT2D eigenvalue weighted by Crippen LogP contribution is -2.50. The topological polar surface area (TPSA) is 98.9 Å². The van der Waals surface area contributed by atoms with Gasteiger partial charge in [-0.1, -0.05) is 30.3 Å². The molecule has 4 N–H and O–H groups in total. The number of nitrogens with two attached hydrogens (primary N) is 1. The Labute approximate surface area is 180 Å². The van der Waals surface area contributed by atoms with E-state index in [4.69, 9.17) is 15.6 Å². The first kappa shape index (κ1) is 25.1. The van der Waals surface area contributed by atoms with Crippen LogP contribution in [0, 0.1) is 11.8 Å². The van der Waals surface area contributed by atoms with Crippen molar-refractivity contribution in [1.29, 1.82) is 0 Å². The summed E-state index contributed by atoms with van der Waals surface area (Å²) in [5.41, 5.74) is 9.94. The molecule has 2 fully saturated rings. The van der Waals surface area contributed by atoms with E-state index in [1.54, 1.807) is 0 Å². The van der Waals surface area contributed by atoms with E-state index in [0.29, 0.717) is 0 Å². The van der Waals surface area contributed by atoms with Crippen molar-refractivity contribution in [2.24, 2.45) is 17.6 Å². The summed E-state index contributed by atoms with van der Waals surface area (Å²) in [6, 6.07) is 8.96. The van der Waals surface area contributed by atoms with Crippen LogP contribution in [0.15, 0.2) is 30.3 Å². The quantitative estimate of drug-likeness (QED) is 0.660. The fourth-order valence-corrected chi connectivity index (χ4v) is 4.02. The highest BCUT2D eigenvalue weighted by molar-refractivity contribution is 5.82. The summed E-state index contributed by atoms with van der Waals surface area (Å²) in [6.07, 6.45) is -0.0801. The van der Waals surface area contributed by atoms with E-state index >= 15 is 0 Å². The Kier molecular flexibility index (Phi) is 9.27. The minimum atomic E-state index is -5.08. The number of hydrazine groups is 1. The zero-order valence-corrected chi connectivity index (χ0v) is 17.6. The van der Waals surface area contributed by atoms with Crippen LogP contribution in [0.5, 0.6) is 0 Å². The number of amides is 1. The van der Waals surface area contributed by atoms with Gasteiger partial charge in [0.15, 0.2) is 0 Å². The number of carbonyl (C=O) groups is 2. The van der Waals surface area contributed by atoms with E-state index in [0.717, 1.165) is 30.5 Å². The van der Waals surface area contributed by atoms with Crippen LogP contribution in [0.25, 0.3) is 0 Å². The largest absolute Gasteiger partial charge is 0.490 e. The minimum Gasteiger partial charge on any atom is -0.475 e. The summed E-state index contributed by atoms with van der Waals surface area (Å²) in [5.74, 6) is -1.19. The summed E-state index contributed by atoms with van der Waals surface area (Å²) >= 11 is 0. The molecule has 1 aromatic carbocycles. The summed E-state index contributed by atoms with van der Waals surface area (Å²) < 4.78 is 31.7. The average Bonchev–Trinajstić information content (AvgIpc) is 2.75. The van der Waals surface area contributed by atoms with E-state index in [1.165, 1.54) is 38.8 Å². The Morgan fingerprint density at radius 3 is 1.94 bits per heavy atom. The lowest BCUT2D eigenvalue weighted by atomic mass is 9.79. The van der Waals surface area contributed by atoms with Gasteiger partial charge in [-0.2, -0.15) is 13.2 Å². The Hall–Kier alpha value is -2.17. The zero-order valence-electron chi connectivity index (χ0n) is 17.6. The van der Waals surface area contributed by atoms with Crippen LogP contribution in [0.4, 0.5) is 13.2 Å². The first-order valence-electron chi connectivity index (χ1n) is 10.4. The van der Waals surface area contributed by atoms with Gasteiger partial charge in [-0.05, 0) is 63.2 Å². The molecule has 174 valence electrons. The molecule has 3 rings (SSSR count). The van der Waals surface area contributed by atoms with Crippen LogP contribution in [-0.4, -0.2) is 66.3 Å². The lowest BCUT2D eigenvalue weighted by molar-refractivity contribution is -0.192. The number of carbonyl (C=O) groups excluding carboxylic acids is 1. The first-order chi connectivity index (χ1) is 14.6. The molecule has 31 heavy (non-hydrogen) atoms. The van der Waals surface area contributed by atoms with Crippen LogP contribution in [0.2, 0.25) is 0 Å². The van der Waals surface area contributed by atoms with Gasteiger partial charge >= 0.3 is 12.1 Å². The van der Waals surface area contributed by atoms with Crippen LogP contribution < -0.4 is 11.2 Å². The third-order valence-electron chi connectivity index (χ3n) is 5.92. The monoisotopic (exact) mass is 444 g/mol. The summed E-state index contributed by atoms with van der Waals surface area (Å²) in [4.78, 5) is 23.7. The molecule has 1 amide bonds. The second kappa shape index (κ2) is 11.4. The van der Waals surface area contributed by atoms with Crippen LogP contribution in [0.3, 0.4) is 0 Å². The van der Waals surface area contributed by atoms with Gasteiger partial charge in [-0.3, -0.25) is 10.2 Å². The predicted octanol–water partition coefficient (Wildman–Crippen LogP) is 2.40. The fourth-order valence-electron chi connectivity index (χ4n) is 4.02.